The van der Waals surface area contributed by atoms with E-state index in [1.54, 1.807) is 0 Å². The third-order valence-electron chi connectivity index (χ3n) is 10.2. The number of benzene rings is 8. The van der Waals surface area contributed by atoms with Crippen LogP contribution in [0.4, 0.5) is 0 Å². The molecule has 0 N–H and O–H groups in total. The number of aromatic nitrogens is 2. The summed E-state index contributed by atoms with van der Waals surface area (Å²) in [5.41, 5.74) is 9.90. The molecular formula is C44H26N2. The highest BCUT2D eigenvalue weighted by atomic mass is 15.0. The molecule has 0 saturated heterocycles. The second-order valence-electron chi connectivity index (χ2n) is 12.5. The highest BCUT2D eigenvalue weighted by Gasteiger charge is 2.26. The van der Waals surface area contributed by atoms with Gasteiger partial charge in [0.25, 0.3) is 0 Å². The molecule has 2 nitrogen and oxygen atoms in total. The Bertz CT molecular complexity index is 3010. The van der Waals surface area contributed by atoms with Crippen molar-refractivity contribution in [1.29, 1.82) is 0 Å². The molecular weight excluding hydrogens is 556 g/mol. The minimum absolute atomic E-state index is 1.17. The Labute approximate surface area is 264 Å². The Hall–Kier alpha value is -6.12. The molecule has 3 aromatic heterocycles. The van der Waals surface area contributed by atoms with Gasteiger partial charge in [-0.05, 0) is 63.0 Å². The minimum Gasteiger partial charge on any atom is -0.307 e. The number of para-hydroxylation sites is 2. The zero-order valence-electron chi connectivity index (χ0n) is 24.9. The summed E-state index contributed by atoms with van der Waals surface area (Å²) in [6.07, 6.45) is 0. The maximum Gasteiger partial charge on any atom is 0.0795 e. The largest absolute Gasteiger partial charge is 0.307 e. The summed E-state index contributed by atoms with van der Waals surface area (Å²) in [7, 11) is 0. The van der Waals surface area contributed by atoms with Crippen LogP contribution in [0.25, 0.3) is 98.3 Å². The van der Waals surface area contributed by atoms with Crippen LogP contribution in [0.1, 0.15) is 0 Å². The minimum atomic E-state index is 1.17. The lowest BCUT2D eigenvalue weighted by atomic mass is 9.97. The Kier molecular flexibility index (Phi) is 4.61. The molecule has 0 unspecified atom stereocenters. The fourth-order valence-electron chi connectivity index (χ4n) is 8.30. The second kappa shape index (κ2) is 8.74. The molecule has 0 amide bonds. The van der Waals surface area contributed by atoms with E-state index in [2.05, 4.69) is 167 Å². The number of fused-ring (bicyclic) bond motifs is 14. The maximum atomic E-state index is 2.58. The first-order valence-corrected chi connectivity index (χ1v) is 16.0. The van der Waals surface area contributed by atoms with Crippen LogP contribution in [0, 0.1) is 0 Å². The van der Waals surface area contributed by atoms with E-state index in [9.17, 15) is 0 Å². The molecule has 0 radical (unpaired) electrons. The van der Waals surface area contributed by atoms with Gasteiger partial charge in [0.1, 0.15) is 0 Å². The molecule has 3 heterocycles. The van der Waals surface area contributed by atoms with Crippen molar-refractivity contribution in [1.82, 2.24) is 8.97 Å². The molecule has 0 aliphatic heterocycles. The first-order chi connectivity index (χ1) is 22.8. The van der Waals surface area contributed by atoms with E-state index >= 15 is 0 Å². The van der Waals surface area contributed by atoms with Gasteiger partial charge in [0.05, 0.1) is 27.6 Å². The smallest absolute Gasteiger partial charge is 0.0795 e. The van der Waals surface area contributed by atoms with Crippen LogP contribution in [0.2, 0.25) is 0 Å². The van der Waals surface area contributed by atoms with Crippen LogP contribution >= 0.6 is 0 Å². The third kappa shape index (κ3) is 3.01. The van der Waals surface area contributed by atoms with E-state index in [0.717, 1.165) is 0 Å². The first-order valence-electron chi connectivity index (χ1n) is 16.0. The highest BCUT2D eigenvalue weighted by molar-refractivity contribution is 6.39. The predicted octanol–water partition coefficient (Wildman–Crippen LogP) is 11.9. The Morgan fingerprint density at radius 2 is 0.935 bits per heavy atom. The molecule has 0 spiro atoms. The van der Waals surface area contributed by atoms with Crippen LogP contribution in [0.15, 0.2) is 158 Å². The van der Waals surface area contributed by atoms with Crippen LogP contribution in [-0.4, -0.2) is 8.97 Å². The van der Waals surface area contributed by atoms with Gasteiger partial charge in [0.2, 0.25) is 0 Å². The molecule has 0 atom stereocenters. The molecule has 11 aromatic rings. The topological polar surface area (TPSA) is 9.34 Å². The van der Waals surface area contributed by atoms with Gasteiger partial charge in [-0.15, -0.1) is 0 Å². The number of hydrogen-bond donors (Lipinski definition) is 0. The summed E-state index contributed by atoms with van der Waals surface area (Å²) in [6.45, 7) is 0. The van der Waals surface area contributed by atoms with E-state index in [1.165, 1.54) is 98.3 Å². The molecule has 0 aliphatic carbocycles. The second-order valence-corrected chi connectivity index (χ2v) is 12.5. The summed E-state index contributed by atoms with van der Waals surface area (Å²) in [5.74, 6) is 0. The zero-order valence-corrected chi connectivity index (χ0v) is 24.9. The van der Waals surface area contributed by atoms with Crippen molar-refractivity contribution in [3.8, 4) is 16.8 Å². The fourth-order valence-corrected chi connectivity index (χ4v) is 8.30. The summed E-state index contributed by atoms with van der Waals surface area (Å²) in [6, 6.07) is 58.1. The van der Waals surface area contributed by atoms with E-state index in [-0.39, 0.29) is 0 Å². The lowest BCUT2D eigenvalue weighted by molar-refractivity contribution is 1.18. The molecule has 8 aromatic carbocycles. The molecule has 11 rings (SSSR count). The lowest BCUT2D eigenvalue weighted by Crippen LogP contribution is -1.96. The van der Waals surface area contributed by atoms with E-state index in [1.807, 2.05) is 0 Å². The van der Waals surface area contributed by atoms with E-state index in [0.29, 0.717) is 0 Å². The first kappa shape index (κ1) is 24.2. The number of nitrogens with zero attached hydrogens (tertiary/aromatic N) is 2. The Morgan fingerprint density at radius 1 is 0.326 bits per heavy atom. The van der Waals surface area contributed by atoms with Gasteiger partial charge in [-0.2, -0.15) is 0 Å². The summed E-state index contributed by atoms with van der Waals surface area (Å²) < 4.78 is 5.10. The van der Waals surface area contributed by atoms with Gasteiger partial charge >= 0.3 is 0 Å². The molecule has 46 heavy (non-hydrogen) atoms. The summed E-state index contributed by atoms with van der Waals surface area (Å²) >= 11 is 0. The van der Waals surface area contributed by atoms with Crippen LogP contribution in [0.3, 0.4) is 0 Å². The van der Waals surface area contributed by atoms with Crippen LogP contribution in [-0.2, 0) is 0 Å². The van der Waals surface area contributed by atoms with Gasteiger partial charge in [-0.1, -0.05) is 127 Å². The Morgan fingerprint density at radius 3 is 1.76 bits per heavy atom. The quantitative estimate of drug-likeness (QED) is 0.192. The highest BCUT2D eigenvalue weighted by Crippen LogP contribution is 2.48. The normalized spacial score (nSPS) is 12.3. The number of rotatable bonds is 2. The number of hydrogen-bond acceptors (Lipinski definition) is 0. The maximum absolute atomic E-state index is 2.58. The van der Waals surface area contributed by atoms with Gasteiger partial charge in [-0.3, -0.25) is 0 Å². The summed E-state index contributed by atoms with van der Waals surface area (Å²) in [5, 5.41) is 12.9. The molecule has 0 saturated carbocycles. The van der Waals surface area contributed by atoms with Crippen molar-refractivity contribution < 1.29 is 0 Å². The average molecular weight is 583 g/mol. The van der Waals surface area contributed by atoms with Gasteiger partial charge in [-0.25, -0.2) is 0 Å². The van der Waals surface area contributed by atoms with Crippen molar-refractivity contribution in [2.24, 2.45) is 0 Å². The van der Waals surface area contributed by atoms with Crippen molar-refractivity contribution in [3.63, 3.8) is 0 Å². The molecule has 2 heteroatoms. The van der Waals surface area contributed by atoms with Crippen molar-refractivity contribution in [2.75, 3.05) is 0 Å². The zero-order chi connectivity index (χ0) is 29.9. The van der Waals surface area contributed by atoms with Crippen molar-refractivity contribution in [3.05, 3.63) is 158 Å². The van der Waals surface area contributed by atoms with Crippen LogP contribution in [0.5, 0.6) is 0 Å². The fraction of sp³-hybridized carbons (Fsp3) is 0. The average Bonchev–Trinajstić information content (AvgIpc) is 3.76. The molecule has 212 valence electrons. The van der Waals surface area contributed by atoms with Crippen LogP contribution < -0.4 is 0 Å². The Balaban J connectivity index is 1.44. The summed E-state index contributed by atoms with van der Waals surface area (Å²) in [4.78, 5) is 0. The van der Waals surface area contributed by atoms with Gasteiger partial charge in [0, 0.05) is 38.0 Å². The van der Waals surface area contributed by atoms with E-state index in [4.69, 9.17) is 0 Å². The molecule has 0 bridgehead atoms. The predicted molar refractivity (Wildman–Crippen MR) is 196 cm³/mol. The van der Waals surface area contributed by atoms with Gasteiger partial charge < -0.3 is 8.97 Å². The lowest BCUT2D eigenvalue weighted by Gasteiger charge is -2.13. The standard InChI is InChI=1S/C44H26N2/c1-2-12-27(13-3-1)28-16-10-17-31(24-28)45-38-23-9-8-20-35(38)40-32-18-6-7-19-33(32)41-36-22-11-21-34-37-25-29-14-4-5-15-30(29)26-39(37)46(42(34)36)44(41)43(40)45/h1-26H. The van der Waals surface area contributed by atoms with Gasteiger partial charge in [0.15, 0.2) is 0 Å². The third-order valence-corrected chi connectivity index (χ3v) is 10.2. The van der Waals surface area contributed by atoms with E-state index < -0.39 is 0 Å². The van der Waals surface area contributed by atoms with Crippen molar-refractivity contribution in [2.45, 2.75) is 0 Å². The SMILES string of the molecule is c1ccc(-c2cccc(-n3c4ccccc4c4c5ccccc5c5c6cccc7c8cc9ccccc9cc8n(c76)c5c43)c2)cc1. The monoisotopic (exact) mass is 582 g/mol. The molecule has 0 aliphatic rings. The molecule has 0 fully saturated rings. The van der Waals surface area contributed by atoms with Crippen molar-refractivity contribution >= 4 is 81.4 Å².